The third kappa shape index (κ3) is 4.46. The number of nitrogens with zero attached hydrogens (tertiary/aromatic N) is 1. The number of halogens is 3. The van der Waals surface area contributed by atoms with Crippen LogP contribution in [-0.2, 0) is 6.54 Å². The smallest absolute Gasteiger partial charge is 0.451 e. The summed E-state index contributed by atoms with van der Waals surface area (Å²) in [7, 11) is 1.50. The quantitative estimate of drug-likeness (QED) is 0.691. The normalized spacial score (nSPS) is 11.4. The van der Waals surface area contributed by atoms with Crippen LogP contribution in [0.5, 0.6) is 5.75 Å². The number of carbonyl (C=O) groups excluding carboxylic acids is 1. The molecular weight excluding hydrogens is 363 g/mol. The van der Waals surface area contributed by atoms with Crippen LogP contribution in [0.15, 0.2) is 63.8 Å². The monoisotopic (exact) mass is 377 g/mol. The molecule has 0 atom stereocenters. The molecule has 0 radical (unpaired) electrons. The molecule has 1 aromatic heterocycles. The summed E-state index contributed by atoms with van der Waals surface area (Å²) in [6, 6.07) is 12.9. The molecule has 0 bridgehead atoms. The van der Waals surface area contributed by atoms with Crippen LogP contribution in [0.4, 0.5) is 13.2 Å². The zero-order chi connectivity index (χ0) is 19.6. The summed E-state index contributed by atoms with van der Waals surface area (Å²) >= 11 is 0. The van der Waals surface area contributed by atoms with Gasteiger partial charge < -0.3 is 14.1 Å². The molecule has 0 saturated heterocycles. The van der Waals surface area contributed by atoms with Gasteiger partial charge in [-0.25, -0.2) is 0 Å². The average Bonchev–Trinajstić information content (AvgIpc) is 2.61. The zero-order valence-electron chi connectivity index (χ0n) is 14.1. The van der Waals surface area contributed by atoms with Crippen molar-refractivity contribution in [3.05, 3.63) is 76.1 Å². The highest BCUT2D eigenvalue weighted by atomic mass is 19.4. The lowest BCUT2D eigenvalue weighted by molar-refractivity contribution is -0.274. The van der Waals surface area contributed by atoms with Gasteiger partial charge in [-0.3, -0.25) is 9.59 Å². The van der Waals surface area contributed by atoms with Gasteiger partial charge in [-0.2, -0.15) is 0 Å². The fourth-order valence-electron chi connectivity index (χ4n) is 2.54. The van der Waals surface area contributed by atoms with E-state index >= 15 is 0 Å². The lowest BCUT2D eigenvalue weighted by Crippen LogP contribution is -2.27. The van der Waals surface area contributed by atoms with Gasteiger partial charge >= 0.3 is 6.36 Å². The third-order valence-corrected chi connectivity index (χ3v) is 3.77. The molecule has 0 aliphatic carbocycles. The molecule has 140 valence electrons. The molecule has 3 aromatic rings. The van der Waals surface area contributed by atoms with E-state index in [-0.39, 0.29) is 23.5 Å². The Bertz CT molecular complexity index is 1030. The van der Waals surface area contributed by atoms with Crippen LogP contribution < -0.4 is 10.2 Å². The predicted molar refractivity (Wildman–Crippen MR) is 91.4 cm³/mol. The Morgan fingerprint density at radius 1 is 1.11 bits per heavy atom. The maximum Gasteiger partial charge on any atom is 0.573 e. The van der Waals surface area contributed by atoms with E-state index in [0.717, 1.165) is 18.2 Å². The summed E-state index contributed by atoms with van der Waals surface area (Å²) in [5, 5.41) is 0.372. The minimum atomic E-state index is -4.76. The van der Waals surface area contributed by atoms with Crippen molar-refractivity contribution in [3.63, 3.8) is 0 Å². The highest BCUT2D eigenvalue weighted by Gasteiger charge is 2.31. The van der Waals surface area contributed by atoms with E-state index in [1.165, 1.54) is 24.1 Å². The Labute approximate surface area is 151 Å². The molecule has 0 spiro atoms. The minimum absolute atomic E-state index is 0.113. The van der Waals surface area contributed by atoms with Crippen LogP contribution in [-0.4, -0.2) is 24.2 Å². The first kappa shape index (κ1) is 18.5. The van der Waals surface area contributed by atoms with Crippen molar-refractivity contribution >= 4 is 16.9 Å². The van der Waals surface area contributed by atoms with Gasteiger partial charge in [-0.1, -0.05) is 24.3 Å². The maximum absolute atomic E-state index is 12.5. The fourth-order valence-corrected chi connectivity index (χ4v) is 2.54. The van der Waals surface area contributed by atoms with Crippen molar-refractivity contribution in [2.45, 2.75) is 12.9 Å². The van der Waals surface area contributed by atoms with Gasteiger partial charge in [0.1, 0.15) is 11.3 Å². The largest absolute Gasteiger partial charge is 0.573 e. The van der Waals surface area contributed by atoms with E-state index in [2.05, 4.69) is 4.74 Å². The Balaban J connectivity index is 1.75. The van der Waals surface area contributed by atoms with E-state index in [1.54, 1.807) is 24.3 Å². The summed E-state index contributed by atoms with van der Waals surface area (Å²) in [4.78, 5) is 25.9. The van der Waals surface area contributed by atoms with Crippen LogP contribution in [0, 0.1) is 0 Å². The first-order valence-corrected chi connectivity index (χ1v) is 7.86. The van der Waals surface area contributed by atoms with Crippen LogP contribution >= 0.6 is 0 Å². The third-order valence-electron chi connectivity index (χ3n) is 3.77. The van der Waals surface area contributed by atoms with Gasteiger partial charge in [0.15, 0.2) is 11.2 Å². The highest BCUT2D eigenvalue weighted by Crippen LogP contribution is 2.23. The topological polar surface area (TPSA) is 59.8 Å². The van der Waals surface area contributed by atoms with Crippen LogP contribution in [0.1, 0.15) is 16.1 Å². The van der Waals surface area contributed by atoms with Gasteiger partial charge in [0, 0.05) is 19.7 Å². The molecule has 1 amide bonds. The van der Waals surface area contributed by atoms with E-state index in [1.807, 2.05) is 0 Å². The molecule has 0 unspecified atom stereocenters. The van der Waals surface area contributed by atoms with Crippen molar-refractivity contribution in [1.82, 2.24) is 4.90 Å². The summed E-state index contributed by atoms with van der Waals surface area (Å²) in [6.07, 6.45) is -4.76. The molecule has 3 rings (SSSR count). The summed E-state index contributed by atoms with van der Waals surface area (Å²) in [5.74, 6) is -0.979. The predicted octanol–water partition coefficient (Wildman–Crippen LogP) is 3.96. The molecular formula is C19H14F3NO4. The lowest BCUT2D eigenvalue weighted by Gasteiger charge is -2.17. The van der Waals surface area contributed by atoms with Crippen molar-refractivity contribution < 1.29 is 27.1 Å². The first-order valence-electron chi connectivity index (χ1n) is 7.86. The van der Waals surface area contributed by atoms with Crippen LogP contribution in [0.2, 0.25) is 0 Å². The second-order valence-electron chi connectivity index (χ2n) is 5.82. The number of benzene rings is 2. The van der Waals surface area contributed by atoms with Gasteiger partial charge in [-0.05, 0) is 29.8 Å². The molecule has 1 heterocycles. The molecule has 0 saturated carbocycles. The number of amides is 1. The maximum atomic E-state index is 12.5. The number of hydrogen-bond donors (Lipinski definition) is 0. The number of alkyl halides is 3. The molecule has 0 aliphatic heterocycles. The number of carbonyl (C=O) groups is 1. The molecule has 0 fully saturated rings. The highest BCUT2D eigenvalue weighted by molar-refractivity contribution is 5.93. The molecule has 8 heteroatoms. The van der Waals surface area contributed by atoms with Gasteiger partial charge in [0.25, 0.3) is 5.91 Å². The van der Waals surface area contributed by atoms with Gasteiger partial charge in [0.05, 0.1) is 5.39 Å². The first-order chi connectivity index (χ1) is 12.7. The lowest BCUT2D eigenvalue weighted by atomic mass is 10.2. The average molecular weight is 377 g/mol. The van der Waals surface area contributed by atoms with Crippen LogP contribution in [0.25, 0.3) is 11.0 Å². The Morgan fingerprint density at radius 3 is 2.44 bits per heavy atom. The van der Waals surface area contributed by atoms with Crippen molar-refractivity contribution in [2.24, 2.45) is 0 Å². The van der Waals surface area contributed by atoms with Gasteiger partial charge in [-0.15, -0.1) is 13.2 Å². The van der Waals surface area contributed by atoms with Crippen molar-refractivity contribution in [3.8, 4) is 5.75 Å². The Morgan fingerprint density at radius 2 is 1.78 bits per heavy atom. The number of ether oxygens (including phenoxy) is 1. The Hall–Kier alpha value is -3.29. The molecule has 2 aromatic carbocycles. The summed E-state index contributed by atoms with van der Waals surface area (Å²) in [5.41, 5.74) is 0.557. The zero-order valence-corrected chi connectivity index (χ0v) is 14.1. The number of rotatable bonds is 4. The SMILES string of the molecule is CN(Cc1ccc(OC(F)(F)F)cc1)C(=O)c1cc(=O)c2ccccc2o1. The van der Waals surface area contributed by atoms with E-state index in [0.29, 0.717) is 16.5 Å². The molecule has 0 aliphatic rings. The number of hydrogen-bond acceptors (Lipinski definition) is 4. The molecule has 5 nitrogen and oxygen atoms in total. The summed E-state index contributed by atoms with van der Waals surface area (Å²) < 4.78 is 45.8. The molecule has 0 N–H and O–H groups in total. The molecule has 27 heavy (non-hydrogen) atoms. The van der Waals surface area contributed by atoms with Crippen molar-refractivity contribution in [1.29, 1.82) is 0 Å². The standard InChI is InChI=1S/C19H14F3NO4/c1-23(11-12-6-8-13(9-7-12)27-19(20,21)22)18(25)17-10-15(24)14-4-2-3-5-16(14)26-17/h2-10H,11H2,1H3. The van der Waals surface area contributed by atoms with E-state index < -0.39 is 12.3 Å². The van der Waals surface area contributed by atoms with E-state index in [9.17, 15) is 22.8 Å². The second-order valence-corrected chi connectivity index (χ2v) is 5.82. The number of fused-ring (bicyclic) bond motifs is 1. The minimum Gasteiger partial charge on any atom is -0.451 e. The van der Waals surface area contributed by atoms with Crippen molar-refractivity contribution in [2.75, 3.05) is 7.05 Å². The van der Waals surface area contributed by atoms with E-state index in [4.69, 9.17) is 4.42 Å². The fraction of sp³-hybridized carbons (Fsp3) is 0.158. The Kier molecular flexibility index (Phi) is 4.89. The second kappa shape index (κ2) is 7.14. The van der Waals surface area contributed by atoms with Gasteiger partial charge in [0.2, 0.25) is 0 Å². The van der Waals surface area contributed by atoms with Crippen LogP contribution in [0.3, 0.4) is 0 Å². The number of para-hydroxylation sites is 1. The summed E-state index contributed by atoms with van der Waals surface area (Å²) in [6.45, 7) is 0.113.